The van der Waals surface area contributed by atoms with Crippen LogP contribution in [0.25, 0.3) is 6.08 Å². The van der Waals surface area contributed by atoms with Gasteiger partial charge in [0.2, 0.25) is 0 Å². The lowest BCUT2D eigenvalue weighted by Gasteiger charge is -2.17. The van der Waals surface area contributed by atoms with Gasteiger partial charge in [-0.25, -0.2) is 4.99 Å². The molecule has 4 rings (SSSR count). The van der Waals surface area contributed by atoms with Gasteiger partial charge in [0.1, 0.15) is 5.76 Å². The first-order valence-corrected chi connectivity index (χ1v) is 12.5. The first-order valence-electron chi connectivity index (χ1n) is 10.9. The number of hydrogen-bond donors (Lipinski definition) is 0. The number of carbonyl (C=O) groups is 1. The van der Waals surface area contributed by atoms with E-state index in [2.05, 4.69) is 22.9 Å². The molecule has 0 unspecified atom stereocenters. The summed E-state index contributed by atoms with van der Waals surface area (Å²) in [6, 6.07) is 17.0. The van der Waals surface area contributed by atoms with Gasteiger partial charge in [0.05, 0.1) is 41.1 Å². The van der Waals surface area contributed by atoms with Crippen LogP contribution in [0.2, 0.25) is 0 Å². The number of rotatable bonds is 8. The van der Waals surface area contributed by atoms with E-state index in [1.807, 2.05) is 61.5 Å². The first-order chi connectivity index (χ1) is 16.5. The van der Waals surface area contributed by atoms with Crippen LogP contribution in [-0.4, -0.2) is 29.2 Å². The fourth-order valence-corrected chi connectivity index (χ4v) is 4.83. The van der Waals surface area contributed by atoms with E-state index < -0.39 is 0 Å². The zero-order valence-electron chi connectivity index (χ0n) is 19.2. The lowest BCUT2D eigenvalue weighted by Crippen LogP contribution is -2.28. The highest BCUT2D eigenvalue weighted by Gasteiger charge is 2.34. The second kappa shape index (κ2) is 11.0. The summed E-state index contributed by atoms with van der Waals surface area (Å²) in [4.78, 5) is 20.3. The topological polar surface area (TPSA) is 64.3 Å². The normalized spacial score (nSPS) is 16.9. The van der Waals surface area contributed by atoms with Crippen LogP contribution in [0.3, 0.4) is 0 Å². The third-order valence-electron chi connectivity index (χ3n) is 5.21. The van der Waals surface area contributed by atoms with E-state index in [1.165, 1.54) is 11.8 Å². The number of furan rings is 1. The molecule has 1 fully saturated rings. The van der Waals surface area contributed by atoms with Gasteiger partial charge < -0.3 is 13.9 Å². The molecular weight excluding hydrogens is 516 g/mol. The van der Waals surface area contributed by atoms with Crippen molar-refractivity contribution in [2.75, 3.05) is 7.11 Å². The Balaban J connectivity index is 1.68. The molecule has 1 saturated heterocycles. The van der Waals surface area contributed by atoms with Crippen molar-refractivity contribution in [1.82, 2.24) is 4.90 Å². The zero-order valence-corrected chi connectivity index (χ0v) is 21.6. The standard InChI is InChI=1S/C26H25BrN2O4S/c1-4-17(2)33-24-21(27)13-18(14-22(24)31-3)15-23-25(30)29(16-20-11-8-12-32-20)26(34-23)28-19-9-6-5-7-10-19/h5-15,17H,4,16H2,1-3H3/b23-15-,28-26?/t17-/m1/s1. The number of amidine groups is 1. The van der Waals surface area contributed by atoms with Crippen molar-refractivity contribution >= 4 is 50.5 Å². The number of aliphatic imine (C=N–C) groups is 1. The molecule has 3 aromatic rings. The average Bonchev–Trinajstić information content (AvgIpc) is 3.45. The largest absolute Gasteiger partial charge is 0.493 e. The van der Waals surface area contributed by atoms with Crippen molar-refractivity contribution in [2.45, 2.75) is 32.9 Å². The van der Waals surface area contributed by atoms with Gasteiger partial charge >= 0.3 is 0 Å². The van der Waals surface area contributed by atoms with Crippen LogP contribution < -0.4 is 9.47 Å². The number of benzene rings is 2. The number of methoxy groups -OCH3 is 1. The second-order valence-electron chi connectivity index (χ2n) is 7.68. The molecule has 6 nitrogen and oxygen atoms in total. The van der Waals surface area contributed by atoms with E-state index in [1.54, 1.807) is 24.3 Å². The maximum Gasteiger partial charge on any atom is 0.267 e. The minimum atomic E-state index is -0.133. The molecule has 176 valence electrons. The quantitative estimate of drug-likeness (QED) is 0.287. The van der Waals surface area contributed by atoms with Gasteiger partial charge in [-0.05, 0) is 89.1 Å². The van der Waals surface area contributed by atoms with Crippen molar-refractivity contribution in [3.8, 4) is 11.5 Å². The third kappa shape index (κ3) is 5.56. The van der Waals surface area contributed by atoms with Gasteiger partial charge in [0.25, 0.3) is 5.91 Å². The van der Waals surface area contributed by atoms with E-state index in [0.717, 1.165) is 22.1 Å². The van der Waals surface area contributed by atoms with E-state index in [0.29, 0.717) is 33.9 Å². The molecule has 1 aliphatic rings. The molecule has 2 aromatic carbocycles. The molecule has 1 aliphatic heterocycles. The van der Waals surface area contributed by atoms with Crippen LogP contribution in [0.1, 0.15) is 31.6 Å². The Labute approximate surface area is 211 Å². The molecule has 0 N–H and O–H groups in total. The smallest absolute Gasteiger partial charge is 0.267 e. The summed E-state index contributed by atoms with van der Waals surface area (Å²) >= 11 is 4.93. The number of ether oxygens (including phenoxy) is 2. The number of hydrogen-bond acceptors (Lipinski definition) is 6. The Morgan fingerprint density at radius 3 is 2.68 bits per heavy atom. The number of nitrogens with zero attached hydrogens (tertiary/aromatic N) is 2. The van der Waals surface area contributed by atoms with Crippen LogP contribution in [0.5, 0.6) is 11.5 Å². The molecule has 34 heavy (non-hydrogen) atoms. The highest BCUT2D eigenvalue weighted by molar-refractivity contribution is 9.10. The average molecular weight is 541 g/mol. The summed E-state index contributed by atoms with van der Waals surface area (Å²) in [7, 11) is 1.60. The second-order valence-corrected chi connectivity index (χ2v) is 9.55. The number of carbonyl (C=O) groups excluding carboxylic acids is 1. The lowest BCUT2D eigenvalue weighted by atomic mass is 10.1. The molecule has 0 saturated carbocycles. The summed E-state index contributed by atoms with van der Waals surface area (Å²) in [5.41, 5.74) is 1.59. The van der Waals surface area contributed by atoms with Crippen LogP contribution in [0.4, 0.5) is 5.69 Å². The van der Waals surface area contributed by atoms with Crippen molar-refractivity contribution in [2.24, 2.45) is 4.99 Å². The van der Waals surface area contributed by atoms with Crippen LogP contribution in [0, 0.1) is 0 Å². The van der Waals surface area contributed by atoms with Gasteiger partial charge in [-0.3, -0.25) is 9.69 Å². The summed E-state index contributed by atoms with van der Waals surface area (Å²) < 4.78 is 17.8. The Hall–Kier alpha value is -2.97. The molecule has 2 heterocycles. The lowest BCUT2D eigenvalue weighted by molar-refractivity contribution is -0.122. The SMILES string of the molecule is CC[C@@H](C)Oc1c(Br)cc(/C=C2\SC(=Nc3ccccc3)N(Cc3ccco3)C2=O)cc1OC. The summed E-state index contributed by atoms with van der Waals surface area (Å²) in [5.74, 6) is 1.80. The van der Waals surface area contributed by atoms with E-state index in [-0.39, 0.29) is 12.0 Å². The molecule has 1 amide bonds. The maximum atomic E-state index is 13.4. The van der Waals surface area contributed by atoms with Gasteiger partial charge in [0, 0.05) is 0 Å². The van der Waals surface area contributed by atoms with E-state index in [4.69, 9.17) is 18.9 Å². The molecule has 0 aliphatic carbocycles. The van der Waals surface area contributed by atoms with E-state index >= 15 is 0 Å². The Bertz CT molecular complexity index is 1210. The third-order valence-corrected chi connectivity index (χ3v) is 6.80. The predicted octanol–water partition coefficient (Wildman–Crippen LogP) is 7.03. The minimum Gasteiger partial charge on any atom is -0.493 e. The van der Waals surface area contributed by atoms with Crippen molar-refractivity contribution in [1.29, 1.82) is 0 Å². The Kier molecular flexibility index (Phi) is 7.80. The molecule has 1 aromatic heterocycles. The van der Waals surface area contributed by atoms with Crippen molar-refractivity contribution < 1.29 is 18.7 Å². The number of amides is 1. The van der Waals surface area contributed by atoms with Gasteiger partial charge in [-0.15, -0.1) is 0 Å². The van der Waals surface area contributed by atoms with Gasteiger partial charge in [-0.2, -0.15) is 0 Å². The molecule has 0 spiro atoms. The number of halogens is 1. The van der Waals surface area contributed by atoms with Crippen LogP contribution in [-0.2, 0) is 11.3 Å². The van der Waals surface area contributed by atoms with Gasteiger partial charge in [-0.1, -0.05) is 25.1 Å². The summed E-state index contributed by atoms with van der Waals surface area (Å²) in [6.45, 7) is 4.38. The van der Waals surface area contributed by atoms with E-state index in [9.17, 15) is 4.79 Å². The molecule has 0 radical (unpaired) electrons. The fourth-order valence-electron chi connectivity index (χ4n) is 3.28. The first kappa shape index (κ1) is 24.2. The predicted molar refractivity (Wildman–Crippen MR) is 139 cm³/mol. The summed E-state index contributed by atoms with van der Waals surface area (Å²) in [6.07, 6.45) is 4.37. The highest BCUT2D eigenvalue weighted by atomic mass is 79.9. The van der Waals surface area contributed by atoms with Crippen molar-refractivity contribution in [3.05, 3.63) is 81.6 Å². The number of para-hydroxylation sites is 1. The number of thioether (sulfide) groups is 1. The monoisotopic (exact) mass is 540 g/mol. The minimum absolute atomic E-state index is 0.0493. The summed E-state index contributed by atoms with van der Waals surface area (Å²) in [5, 5.41) is 0.599. The highest BCUT2D eigenvalue weighted by Crippen LogP contribution is 2.40. The Morgan fingerprint density at radius 1 is 1.21 bits per heavy atom. The van der Waals surface area contributed by atoms with Gasteiger partial charge in [0.15, 0.2) is 16.7 Å². The molecule has 1 atom stereocenters. The van der Waals surface area contributed by atoms with Crippen LogP contribution >= 0.6 is 27.7 Å². The Morgan fingerprint density at radius 2 is 2.00 bits per heavy atom. The molecule has 0 bridgehead atoms. The van der Waals surface area contributed by atoms with Crippen molar-refractivity contribution in [3.63, 3.8) is 0 Å². The fraction of sp³-hybridized carbons (Fsp3) is 0.231. The zero-order chi connectivity index (χ0) is 24.1. The molecule has 8 heteroatoms. The maximum absolute atomic E-state index is 13.4. The van der Waals surface area contributed by atoms with Crippen LogP contribution in [0.15, 0.2) is 79.6 Å². The molecular formula is C26H25BrN2O4S.